The smallest absolute Gasteiger partial charge is 0.257 e. The van der Waals surface area contributed by atoms with Crippen LogP contribution in [-0.4, -0.2) is 5.91 Å². The predicted octanol–water partition coefficient (Wildman–Crippen LogP) is 4.54. The summed E-state index contributed by atoms with van der Waals surface area (Å²) in [6, 6.07) is 8.61. The molecule has 0 spiro atoms. The van der Waals surface area contributed by atoms with E-state index in [1.807, 2.05) is 17.6 Å². The number of nitrogens with one attached hydrogen (secondary N) is 1. The van der Waals surface area contributed by atoms with Gasteiger partial charge in [0, 0.05) is 6.08 Å². The molecule has 23 heavy (non-hydrogen) atoms. The van der Waals surface area contributed by atoms with Gasteiger partial charge in [0.05, 0.1) is 0 Å². The number of amides is 1. The highest BCUT2D eigenvalue weighted by atomic mass is 16.2. The second-order valence-corrected chi connectivity index (χ2v) is 5.84. The summed E-state index contributed by atoms with van der Waals surface area (Å²) < 4.78 is 0. The zero-order valence-electron chi connectivity index (χ0n) is 14.3. The van der Waals surface area contributed by atoms with Crippen LogP contribution in [0, 0.1) is 0 Å². The highest BCUT2D eigenvalue weighted by Crippen LogP contribution is 2.12. The number of aryl methyl sites for hydroxylation is 1. The molecule has 3 nitrogen and oxygen atoms in total. The Morgan fingerprint density at radius 1 is 1.00 bits per heavy atom. The van der Waals surface area contributed by atoms with Gasteiger partial charge < -0.3 is 0 Å². The molecule has 0 saturated heterocycles. The molecule has 1 aromatic carbocycles. The third-order valence-electron chi connectivity index (χ3n) is 3.84. The lowest BCUT2D eigenvalue weighted by molar-refractivity contribution is -0.116. The predicted molar refractivity (Wildman–Crippen MR) is 98.6 cm³/mol. The summed E-state index contributed by atoms with van der Waals surface area (Å²) in [7, 11) is 0. The van der Waals surface area contributed by atoms with E-state index in [1.54, 1.807) is 6.08 Å². The van der Waals surface area contributed by atoms with Crippen molar-refractivity contribution in [1.29, 1.82) is 0 Å². The van der Waals surface area contributed by atoms with E-state index in [0.29, 0.717) is 0 Å². The molecular weight excluding hydrogens is 284 g/mol. The van der Waals surface area contributed by atoms with Crippen molar-refractivity contribution in [2.45, 2.75) is 58.3 Å². The summed E-state index contributed by atoms with van der Waals surface area (Å²) in [6.07, 6.45) is 17.5. The largest absolute Gasteiger partial charge is 0.291 e. The Kier molecular flexibility index (Phi) is 10.5. The Hall–Kier alpha value is -1.87. The first-order chi connectivity index (χ1) is 11.3. The first kappa shape index (κ1) is 19.2. The normalized spacial score (nSPS) is 11.4. The Labute approximate surface area is 140 Å². The van der Waals surface area contributed by atoms with Crippen LogP contribution in [0.3, 0.4) is 0 Å². The van der Waals surface area contributed by atoms with Gasteiger partial charge in [0.2, 0.25) is 0 Å². The number of carbonyl (C=O) groups is 1. The maximum Gasteiger partial charge on any atom is 0.257 e. The SMILES string of the molecule is CCCCCCCCCc1ccc(/C=C/C=C/C(=O)NN)cc1. The fraction of sp³-hybridized carbons (Fsp3) is 0.450. The molecule has 0 aromatic heterocycles. The van der Waals surface area contributed by atoms with E-state index in [1.165, 1.54) is 56.6 Å². The summed E-state index contributed by atoms with van der Waals surface area (Å²) in [5.41, 5.74) is 4.58. The molecule has 0 aliphatic carbocycles. The Balaban J connectivity index is 2.24. The molecule has 1 amide bonds. The van der Waals surface area contributed by atoms with Crippen LogP contribution in [-0.2, 0) is 11.2 Å². The lowest BCUT2D eigenvalue weighted by Crippen LogP contribution is -2.27. The number of hydrogen-bond acceptors (Lipinski definition) is 2. The molecule has 3 N–H and O–H groups in total. The number of allylic oxidation sites excluding steroid dienone is 2. The molecule has 1 rings (SSSR count). The second-order valence-electron chi connectivity index (χ2n) is 5.84. The topological polar surface area (TPSA) is 55.1 Å². The lowest BCUT2D eigenvalue weighted by atomic mass is 10.0. The number of nitrogens with two attached hydrogens (primary N) is 1. The van der Waals surface area contributed by atoms with E-state index in [9.17, 15) is 4.79 Å². The quantitative estimate of drug-likeness (QED) is 0.157. The van der Waals surface area contributed by atoms with E-state index < -0.39 is 0 Å². The maximum absolute atomic E-state index is 10.9. The monoisotopic (exact) mass is 314 g/mol. The summed E-state index contributed by atoms with van der Waals surface area (Å²) in [5.74, 6) is 4.68. The van der Waals surface area contributed by atoms with Gasteiger partial charge in [0.1, 0.15) is 0 Å². The van der Waals surface area contributed by atoms with Gasteiger partial charge in [-0.3, -0.25) is 10.2 Å². The van der Waals surface area contributed by atoms with Crippen LogP contribution in [0.4, 0.5) is 0 Å². The molecule has 0 radical (unpaired) electrons. The van der Waals surface area contributed by atoms with E-state index in [-0.39, 0.29) is 5.91 Å². The molecule has 3 heteroatoms. The minimum absolute atomic E-state index is 0.306. The molecule has 0 fully saturated rings. The Morgan fingerprint density at radius 3 is 2.30 bits per heavy atom. The van der Waals surface area contributed by atoms with Gasteiger partial charge in [-0.1, -0.05) is 87.9 Å². The number of unbranched alkanes of at least 4 members (excludes halogenated alkanes) is 6. The van der Waals surface area contributed by atoms with Crippen molar-refractivity contribution in [3.8, 4) is 0 Å². The van der Waals surface area contributed by atoms with Crippen LogP contribution in [0.25, 0.3) is 6.08 Å². The van der Waals surface area contributed by atoms with E-state index in [0.717, 1.165) is 12.0 Å². The highest BCUT2D eigenvalue weighted by molar-refractivity contribution is 5.87. The van der Waals surface area contributed by atoms with Crippen LogP contribution >= 0.6 is 0 Å². The van der Waals surface area contributed by atoms with Crippen LogP contribution in [0.1, 0.15) is 63.0 Å². The Morgan fingerprint density at radius 2 is 1.65 bits per heavy atom. The van der Waals surface area contributed by atoms with Gasteiger partial charge in [-0.2, -0.15) is 0 Å². The van der Waals surface area contributed by atoms with Crippen LogP contribution in [0.2, 0.25) is 0 Å². The lowest BCUT2D eigenvalue weighted by Gasteiger charge is -2.03. The van der Waals surface area contributed by atoms with Crippen LogP contribution in [0.5, 0.6) is 0 Å². The first-order valence-corrected chi connectivity index (χ1v) is 8.70. The van der Waals surface area contributed by atoms with Crippen molar-refractivity contribution in [3.63, 3.8) is 0 Å². The third kappa shape index (κ3) is 9.69. The van der Waals surface area contributed by atoms with Crippen LogP contribution in [0.15, 0.2) is 42.5 Å². The zero-order chi connectivity index (χ0) is 16.8. The fourth-order valence-corrected chi connectivity index (χ4v) is 2.44. The number of benzene rings is 1. The molecule has 0 aliphatic rings. The van der Waals surface area contributed by atoms with E-state index >= 15 is 0 Å². The van der Waals surface area contributed by atoms with Crippen molar-refractivity contribution in [1.82, 2.24) is 5.43 Å². The number of hydrazine groups is 1. The summed E-state index contributed by atoms with van der Waals surface area (Å²) in [6.45, 7) is 2.26. The van der Waals surface area contributed by atoms with Crippen molar-refractivity contribution < 1.29 is 4.79 Å². The summed E-state index contributed by atoms with van der Waals surface area (Å²) >= 11 is 0. The van der Waals surface area contributed by atoms with Gasteiger partial charge in [0.25, 0.3) is 5.91 Å². The average molecular weight is 314 g/mol. The standard InChI is InChI=1S/C20H30N2O/c1-2-3-4-5-6-7-8-11-18-14-16-19(17-15-18)12-9-10-13-20(23)22-21/h9-10,12-17H,2-8,11,21H2,1H3,(H,22,23)/b12-9+,13-10+. The van der Waals surface area contributed by atoms with E-state index in [2.05, 4.69) is 31.2 Å². The summed E-state index contributed by atoms with van der Waals surface area (Å²) in [4.78, 5) is 10.9. The Bertz CT molecular complexity index is 489. The fourth-order valence-electron chi connectivity index (χ4n) is 2.44. The highest BCUT2D eigenvalue weighted by Gasteiger charge is 1.95. The van der Waals surface area contributed by atoms with Gasteiger partial charge in [-0.15, -0.1) is 0 Å². The van der Waals surface area contributed by atoms with Crippen molar-refractivity contribution >= 4 is 12.0 Å². The molecule has 0 heterocycles. The minimum Gasteiger partial charge on any atom is -0.291 e. The molecule has 0 aliphatic heterocycles. The average Bonchev–Trinajstić information content (AvgIpc) is 2.59. The van der Waals surface area contributed by atoms with Gasteiger partial charge in [-0.05, 0) is 24.0 Å². The second kappa shape index (κ2) is 12.7. The molecular formula is C20H30N2O. The van der Waals surface area contributed by atoms with Crippen molar-refractivity contribution in [3.05, 3.63) is 53.6 Å². The molecule has 1 aromatic rings. The molecule has 0 atom stereocenters. The van der Waals surface area contributed by atoms with Gasteiger partial charge in [-0.25, -0.2) is 5.84 Å². The number of rotatable bonds is 11. The minimum atomic E-state index is -0.306. The number of carbonyl (C=O) groups excluding carboxylic acids is 1. The van der Waals surface area contributed by atoms with Gasteiger partial charge >= 0.3 is 0 Å². The maximum atomic E-state index is 10.9. The molecule has 126 valence electrons. The third-order valence-corrected chi connectivity index (χ3v) is 3.84. The van der Waals surface area contributed by atoms with Gasteiger partial charge in [0.15, 0.2) is 0 Å². The molecule has 0 unspecified atom stereocenters. The van der Waals surface area contributed by atoms with E-state index in [4.69, 9.17) is 5.84 Å². The number of hydrogen-bond donors (Lipinski definition) is 2. The van der Waals surface area contributed by atoms with Crippen molar-refractivity contribution in [2.75, 3.05) is 0 Å². The molecule has 0 saturated carbocycles. The van der Waals surface area contributed by atoms with Crippen LogP contribution < -0.4 is 11.3 Å². The molecule has 0 bridgehead atoms. The zero-order valence-corrected chi connectivity index (χ0v) is 14.3. The first-order valence-electron chi connectivity index (χ1n) is 8.70. The van der Waals surface area contributed by atoms with Crippen molar-refractivity contribution in [2.24, 2.45) is 5.84 Å². The summed E-state index contributed by atoms with van der Waals surface area (Å²) in [5, 5.41) is 0.